The van der Waals surface area contributed by atoms with Gasteiger partial charge in [0.15, 0.2) is 0 Å². The van der Waals surface area contributed by atoms with Gasteiger partial charge in [-0.3, -0.25) is 4.99 Å². The molecule has 18 heavy (non-hydrogen) atoms. The van der Waals surface area contributed by atoms with Gasteiger partial charge in [0, 0.05) is 37.4 Å². The molecule has 1 saturated heterocycles. The van der Waals surface area contributed by atoms with Crippen molar-refractivity contribution < 1.29 is 4.74 Å². The molecule has 1 N–H and O–H groups in total. The minimum atomic E-state index is 0.830. The summed E-state index contributed by atoms with van der Waals surface area (Å²) in [4.78, 5) is 6.78. The van der Waals surface area contributed by atoms with Crippen LogP contribution in [0.25, 0.3) is 0 Å². The summed E-state index contributed by atoms with van der Waals surface area (Å²) in [7, 11) is 0. The molecule has 0 saturated carbocycles. The second-order valence-corrected chi connectivity index (χ2v) is 4.70. The maximum atomic E-state index is 5.36. The number of amidine groups is 1. The zero-order valence-corrected chi connectivity index (χ0v) is 10.6. The summed E-state index contributed by atoms with van der Waals surface area (Å²) in [5.41, 5.74) is 2.41. The molecule has 1 aromatic rings. The van der Waals surface area contributed by atoms with Crippen LogP contribution in [-0.4, -0.2) is 38.7 Å². The van der Waals surface area contributed by atoms with Crippen LogP contribution in [0.3, 0.4) is 0 Å². The lowest BCUT2D eigenvalue weighted by Crippen LogP contribution is -2.36. The first-order chi connectivity index (χ1) is 8.92. The van der Waals surface area contributed by atoms with Gasteiger partial charge in [0.05, 0.1) is 13.2 Å². The van der Waals surface area contributed by atoms with Crippen molar-refractivity contribution in [2.75, 3.05) is 43.1 Å². The van der Waals surface area contributed by atoms with E-state index in [0.29, 0.717) is 0 Å². The van der Waals surface area contributed by atoms with Crippen molar-refractivity contribution in [2.24, 2.45) is 4.99 Å². The fraction of sp³-hybridized carbons (Fsp3) is 0.500. The molecular formula is C14H19N3O. The molecule has 0 atom stereocenters. The van der Waals surface area contributed by atoms with E-state index < -0.39 is 0 Å². The van der Waals surface area contributed by atoms with Gasteiger partial charge in [0.25, 0.3) is 0 Å². The molecule has 0 aromatic heterocycles. The van der Waals surface area contributed by atoms with E-state index in [2.05, 4.69) is 39.5 Å². The predicted octanol–water partition coefficient (Wildman–Crippen LogP) is 2.13. The standard InChI is InChI=1S/C14H19N3O/c1-2-14(15-7-1)16-12-3-5-13(6-4-12)17-8-10-18-11-9-17/h3-6H,1-2,7-11H2,(H,15,16). The van der Waals surface area contributed by atoms with Crippen LogP contribution in [0.15, 0.2) is 29.3 Å². The van der Waals surface area contributed by atoms with E-state index in [1.165, 1.54) is 12.1 Å². The van der Waals surface area contributed by atoms with Gasteiger partial charge in [-0.1, -0.05) is 0 Å². The van der Waals surface area contributed by atoms with Gasteiger partial charge >= 0.3 is 0 Å². The number of anilines is 2. The molecule has 4 heteroatoms. The van der Waals surface area contributed by atoms with E-state index in [-0.39, 0.29) is 0 Å². The van der Waals surface area contributed by atoms with Gasteiger partial charge in [-0.2, -0.15) is 0 Å². The van der Waals surface area contributed by atoms with E-state index in [1.54, 1.807) is 0 Å². The highest BCUT2D eigenvalue weighted by Crippen LogP contribution is 2.19. The van der Waals surface area contributed by atoms with Gasteiger partial charge in [-0.15, -0.1) is 0 Å². The minimum Gasteiger partial charge on any atom is -0.378 e. The summed E-state index contributed by atoms with van der Waals surface area (Å²) in [6, 6.07) is 8.60. The van der Waals surface area contributed by atoms with E-state index >= 15 is 0 Å². The second-order valence-electron chi connectivity index (χ2n) is 4.70. The molecule has 2 aliphatic rings. The molecule has 1 fully saturated rings. The Morgan fingerprint density at radius 1 is 1.11 bits per heavy atom. The average Bonchev–Trinajstić information content (AvgIpc) is 2.94. The van der Waals surface area contributed by atoms with E-state index in [0.717, 1.165) is 50.8 Å². The van der Waals surface area contributed by atoms with Crippen LogP contribution in [0.1, 0.15) is 12.8 Å². The first kappa shape index (κ1) is 11.5. The second kappa shape index (κ2) is 5.40. The summed E-state index contributed by atoms with van der Waals surface area (Å²) < 4.78 is 5.36. The lowest BCUT2D eigenvalue weighted by molar-refractivity contribution is 0.122. The van der Waals surface area contributed by atoms with Gasteiger partial charge in [-0.25, -0.2) is 0 Å². The first-order valence-electron chi connectivity index (χ1n) is 6.65. The van der Waals surface area contributed by atoms with Crippen molar-refractivity contribution in [2.45, 2.75) is 12.8 Å². The maximum Gasteiger partial charge on any atom is 0.101 e. The molecule has 0 unspecified atom stereocenters. The van der Waals surface area contributed by atoms with Gasteiger partial charge < -0.3 is 15.0 Å². The van der Waals surface area contributed by atoms with Crippen molar-refractivity contribution in [1.29, 1.82) is 0 Å². The Labute approximate surface area is 108 Å². The van der Waals surface area contributed by atoms with E-state index in [4.69, 9.17) is 4.74 Å². The fourth-order valence-electron chi connectivity index (χ4n) is 2.39. The minimum absolute atomic E-state index is 0.830. The number of ether oxygens (including phenoxy) is 1. The van der Waals surface area contributed by atoms with Crippen molar-refractivity contribution >= 4 is 17.2 Å². The smallest absolute Gasteiger partial charge is 0.101 e. The molecule has 96 valence electrons. The van der Waals surface area contributed by atoms with Crippen LogP contribution >= 0.6 is 0 Å². The SMILES string of the molecule is c1cc(N2CCOCC2)ccc1NC1=NCCC1. The zero-order valence-electron chi connectivity index (χ0n) is 10.6. The number of hydrogen-bond acceptors (Lipinski definition) is 4. The number of aliphatic imine (C=N–C) groups is 1. The monoisotopic (exact) mass is 245 g/mol. The van der Waals surface area contributed by atoms with Crippen molar-refractivity contribution in [3.63, 3.8) is 0 Å². The molecule has 0 radical (unpaired) electrons. The van der Waals surface area contributed by atoms with Crippen LogP contribution in [0.2, 0.25) is 0 Å². The number of rotatable bonds is 2. The molecule has 0 aliphatic carbocycles. The van der Waals surface area contributed by atoms with Gasteiger partial charge in [0.2, 0.25) is 0 Å². The third-order valence-electron chi connectivity index (χ3n) is 3.41. The Morgan fingerprint density at radius 2 is 1.89 bits per heavy atom. The van der Waals surface area contributed by atoms with Crippen LogP contribution in [-0.2, 0) is 4.74 Å². The zero-order chi connectivity index (χ0) is 12.2. The van der Waals surface area contributed by atoms with Crippen LogP contribution < -0.4 is 10.2 Å². The molecule has 3 rings (SSSR count). The largest absolute Gasteiger partial charge is 0.378 e. The summed E-state index contributed by atoms with van der Waals surface area (Å²) in [5.74, 6) is 1.12. The summed E-state index contributed by atoms with van der Waals surface area (Å²) in [6.07, 6.45) is 2.25. The Balaban J connectivity index is 1.64. The first-order valence-corrected chi connectivity index (χ1v) is 6.65. The molecule has 0 bridgehead atoms. The lowest BCUT2D eigenvalue weighted by atomic mass is 10.2. The Kier molecular flexibility index (Phi) is 3.46. The van der Waals surface area contributed by atoms with Gasteiger partial charge in [-0.05, 0) is 30.7 Å². The highest BCUT2D eigenvalue weighted by Gasteiger charge is 2.11. The summed E-state index contributed by atoms with van der Waals surface area (Å²) in [6.45, 7) is 4.60. The Hall–Kier alpha value is -1.55. The molecule has 4 nitrogen and oxygen atoms in total. The normalized spacial score (nSPS) is 19.8. The molecule has 2 heterocycles. The van der Waals surface area contributed by atoms with Crippen LogP contribution in [0, 0.1) is 0 Å². The topological polar surface area (TPSA) is 36.9 Å². The number of morpholine rings is 1. The van der Waals surface area contributed by atoms with Crippen LogP contribution in [0.4, 0.5) is 11.4 Å². The van der Waals surface area contributed by atoms with Crippen molar-refractivity contribution in [3.05, 3.63) is 24.3 Å². The van der Waals surface area contributed by atoms with Crippen molar-refractivity contribution in [1.82, 2.24) is 0 Å². The number of hydrogen-bond donors (Lipinski definition) is 1. The maximum absolute atomic E-state index is 5.36. The molecule has 0 spiro atoms. The van der Waals surface area contributed by atoms with E-state index in [9.17, 15) is 0 Å². The molecule has 1 aromatic carbocycles. The van der Waals surface area contributed by atoms with Crippen LogP contribution in [0.5, 0.6) is 0 Å². The Morgan fingerprint density at radius 3 is 2.56 bits per heavy atom. The fourth-order valence-corrected chi connectivity index (χ4v) is 2.39. The van der Waals surface area contributed by atoms with E-state index in [1.807, 2.05) is 0 Å². The number of nitrogens with one attached hydrogen (secondary N) is 1. The quantitative estimate of drug-likeness (QED) is 0.867. The lowest BCUT2D eigenvalue weighted by Gasteiger charge is -2.28. The van der Waals surface area contributed by atoms with Crippen molar-refractivity contribution in [3.8, 4) is 0 Å². The summed E-state index contributed by atoms with van der Waals surface area (Å²) in [5, 5.41) is 3.38. The predicted molar refractivity (Wildman–Crippen MR) is 74.6 cm³/mol. The number of benzene rings is 1. The average molecular weight is 245 g/mol. The Bertz CT molecular complexity index is 421. The third kappa shape index (κ3) is 2.64. The highest BCUT2D eigenvalue weighted by atomic mass is 16.5. The molecular weight excluding hydrogens is 226 g/mol. The summed E-state index contributed by atoms with van der Waals surface area (Å²) >= 11 is 0. The highest BCUT2D eigenvalue weighted by molar-refractivity contribution is 5.96. The molecule has 2 aliphatic heterocycles. The number of nitrogens with zero attached hydrogens (tertiary/aromatic N) is 2. The van der Waals surface area contributed by atoms with Gasteiger partial charge in [0.1, 0.15) is 5.84 Å². The molecule has 0 amide bonds. The third-order valence-corrected chi connectivity index (χ3v) is 3.41.